The maximum absolute atomic E-state index is 5.03. The highest BCUT2D eigenvalue weighted by Crippen LogP contribution is 2.30. The molecule has 35 heavy (non-hydrogen) atoms. The van der Waals surface area contributed by atoms with Gasteiger partial charge in [0.2, 0.25) is 0 Å². The lowest BCUT2D eigenvalue weighted by Crippen LogP contribution is -2.17. The molecule has 0 atom stereocenters. The van der Waals surface area contributed by atoms with E-state index in [1.165, 1.54) is 11.3 Å². The Bertz CT molecular complexity index is 1250. The number of aliphatic imine (C=N–C) groups is 1. The van der Waals surface area contributed by atoms with E-state index >= 15 is 0 Å². The zero-order valence-electron chi connectivity index (χ0n) is 20.8. The molecule has 3 heterocycles. The summed E-state index contributed by atoms with van der Waals surface area (Å²) in [5.74, 6) is 1.58. The molecule has 2 aromatic rings. The van der Waals surface area contributed by atoms with Gasteiger partial charge >= 0.3 is 0 Å². The van der Waals surface area contributed by atoms with Crippen LogP contribution in [0, 0.1) is 6.92 Å². The van der Waals surface area contributed by atoms with Gasteiger partial charge in [0.1, 0.15) is 11.7 Å². The van der Waals surface area contributed by atoms with Crippen LogP contribution in [-0.4, -0.2) is 39.6 Å². The van der Waals surface area contributed by atoms with E-state index in [0.29, 0.717) is 13.0 Å². The van der Waals surface area contributed by atoms with Crippen molar-refractivity contribution in [3.63, 3.8) is 0 Å². The molecule has 0 spiro atoms. The lowest BCUT2D eigenvalue weighted by atomic mass is 10.0. The molecular weight excluding hydrogens is 434 g/mol. The number of nitrogens with one attached hydrogen (secondary N) is 2. The Morgan fingerprint density at radius 2 is 2.00 bits per heavy atom. The highest BCUT2D eigenvalue weighted by Gasteiger charge is 2.20. The van der Waals surface area contributed by atoms with Crippen LogP contribution in [0.5, 0.6) is 0 Å². The Kier molecular flexibility index (Phi) is 7.88. The van der Waals surface area contributed by atoms with E-state index in [0.717, 1.165) is 59.3 Å². The summed E-state index contributed by atoms with van der Waals surface area (Å²) in [4.78, 5) is 17.7. The molecule has 7 heteroatoms. The van der Waals surface area contributed by atoms with E-state index in [4.69, 9.17) is 9.97 Å². The van der Waals surface area contributed by atoms with Crippen molar-refractivity contribution in [2.75, 3.05) is 7.05 Å². The molecule has 0 unspecified atom stereocenters. The van der Waals surface area contributed by atoms with Crippen molar-refractivity contribution in [2.24, 2.45) is 10.1 Å². The molecule has 1 aliphatic heterocycles. The number of aromatic amines is 1. The fourth-order valence-electron chi connectivity index (χ4n) is 4.21. The quantitative estimate of drug-likeness (QED) is 0.405. The number of rotatable bonds is 7. The van der Waals surface area contributed by atoms with Gasteiger partial charge in [0.25, 0.3) is 0 Å². The first-order valence-electron chi connectivity index (χ1n) is 12.0. The Hall–Kier alpha value is -4.00. The van der Waals surface area contributed by atoms with Gasteiger partial charge in [-0.05, 0) is 50.0 Å². The number of pyridine rings is 1. The number of hydrazone groups is 1. The van der Waals surface area contributed by atoms with Crippen LogP contribution in [0.1, 0.15) is 49.8 Å². The largest absolute Gasteiger partial charge is 0.381 e. The summed E-state index contributed by atoms with van der Waals surface area (Å²) in [5, 5.41) is 9.45. The van der Waals surface area contributed by atoms with Gasteiger partial charge in [-0.15, -0.1) is 0 Å². The molecule has 2 aliphatic rings. The predicted molar refractivity (Wildman–Crippen MR) is 145 cm³/mol. The number of allylic oxidation sites excluding steroid dienone is 7. The molecule has 0 saturated heterocycles. The zero-order valence-corrected chi connectivity index (χ0v) is 20.8. The smallest absolute Gasteiger partial charge is 0.148 e. The second-order valence-electron chi connectivity index (χ2n) is 8.42. The van der Waals surface area contributed by atoms with Gasteiger partial charge in [0.15, 0.2) is 0 Å². The Labute approximate surface area is 207 Å². The summed E-state index contributed by atoms with van der Waals surface area (Å²) >= 11 is 0. The number of aromatic nitrogens is 3. The minimum Gasteiger partial charge on any atom is -0.381 e. The minimum atomic E-state index is 0.591. The molecule has 0 bridgehead atoms. The first-order valence-corrected chi connectivity index (χ1v) is 12.0. The summed E-state index contributed by atoms with van der Waals surface area (Å²) < 4.78 is 0. The van der Waals surface area contributed by atoms with Crippen LogP contribution in [0.3, 0.4) is 0 Å². The number of hydrogen-bond acceptors (Lipinski definition) is 5. The van der Waals surface area contributed by atoms with Gasteiger partial charge in [0, 0.05) is 43.4 Å². The molecule has 4 rings (SSSR count). The lowest BCUT2D eigenvalue weighted by molar-refractivity contribution is 0.612. The Balaban J connectivity index is 1.72. The minimum absolute atomic E-state index is 0.591. The summed E-state index contributed by atoms with van der Waals surface area (Å²) in [6.07, 6.45) is 18.4. The van der Waals surface area contributed by atoms with E-state index in [2.05, 4.69) is 64.4 Å². The number of nitrogens with zero attached hydrogens (tertiary/aromatic N) is 5. The number of hydrogen-bond donors (Lipinski definition) is 2. The third-order valence-electron chi connectivity index (χ3n) is 6.02. The van der Waals surface area contributed by atoms with Crippen LogP contribution >= 0.6 is 0 Å². The molecule has 1 aliphatic carbocycles. The maximum atomic E-state index is 5.03. The summed E-state index contributed by atoms with van der Waals surface area (Å²) in [5.41, 5.74) is 7.15. The third-order valence-corrected chi connectivity index (χ3v) is 6.02. The van der Waals surface area contributed by atoms with Crippen molar-refractivity contribution in [1.82, 2.24) is 25.3 Å². The summed E-state index contributed by atoms with van der Waals surface area (Å²) in [7, 11) is 1.75. The molecule has 7 nitrogen and oxygen atoms in total. The first kappa shape index (κ1) is 24.1. The topological polar surface area (TPSA) is 81.6 Å². The molecule has 0 amide bonds. The third kappa shape index (κ3) is 5.74. The second kappa shape index (κ2) is 11.4. The monoisotopic (exact) mass is 467 g/mol. The second-order valence-corrected chi connectivity index (χ2v) is 8.42. The number of aryl methyl sites for hydroxylation is 1. The molecular formula is C28H33N7. The van der Waals surface area contributed by atoms with Gasteiger partial charge in [-0.3, -0.25) is 9.98 Å². The van der Waals surface area contributed by atoms with Crippen LogP contribution in [-0.2, 0) is 6.54 Å². The van der Waals surface area contributed by atoms with Gasteiger partial charge in [-0.1, -0.05) is 43.4 Å². The van der Waals surface area contributed by atoms with Crippen molar-refractivity contribution in [3.8, 4) is 11.4 Å². The molecule has 0 fully saturated rings. The van der Waals surface area contributed by atoms with Crippen molar-refractivity contribution in [3.05, 3.63) is 89.3 Å². The van der Waals surface area contributed by atoms with E-state index in [9.17, 15) is 0 Å². The number of amidine groups is 1. The van der Waals surface area contributed by atoms with Crippen LogP contribution in [0.25, 0.3) is 17.0 Å². The van der Waals surface area contributed by atoms with E-state index in [1.54, 1.807) is 12.1 Å². The fourth-order valence-corrected chi connectivity index (χ4v) is 4.21. The average Bonchev–Trinajstić information content (AvgIpc) is 3.16. The van der Waals surface area contributed by atoms with Crippen LogP contribution < -0.4 is 5.32 Å². The van der Waals surface area contributed by atoms with Gasteiger partial charge in [0.05, 0.1) is 23.6 Å². The van der Waals surface area contributed by atoms with Crippen molar-refractivity contribution in [2.45, 2.75) is 46.1 Å². The Morgan fingerprint density at radius 3 is 2.77 bits per heavy atom. The van der Waals surface area contributed by atoms with Crippen molar-refractivity contribution in [1.29, 1.82) is 0 Å². The zero-order chi connectivity index (χ0) is 24.6. The van der Waals surface area contributed by atoms with Crippen LogP contribution in [0.4, 0.5) is 0 Å². The van der Waals surface area contributed by atoms with E-state index in [1.807, 2.05) is 37.4 Å². The van der Waals surface area contributed by atoms with E-state index < -0.39 is 0 Å². The number of H-pyrrole nitrogens is 1. The normalized spacial score (nSPS) is 21.2. The fraction of sp³-hybridized carbons (Fsp3) is 0.286. The Morgan fingerprint density at radius 1 is 1.11 bits per heavy atom. The highest BCUT2D eigenvalue weighted by molar-refractivity contribution is 5.95. The van der Waals surface area contributed by atoms with Gasteiger partial charge < -0.3 is 10.3 Å². The average molecular weight is 468 g/mol. The molecule has 2 aromatic heterocycles. The molecule has 0 radical (unpaired) electrons. The van der Waals surface area contributed by atoms with Gasteiger partial charge in [-0.2, -0.15) is 5.10 Å². The molecule has 0 saturated carbocycles. The lowest BCUT2D eigenvalue weighted by Gasteiger charge is -2.14. The van der Waals surface area contributed by atoms with Crippen LogP contribution in [0.2, 0.25) is 0 Å². The summed E-state index contributed by atoms with van der Waals surface area (Å²) in [6, 6.07) is 6.03. The molecule has 0 aromatic carbocycles. The van der Waals surface area contributed by atoms with Crippen LogP contribution in [0.15, 0.2) is 82.2 Å². The highest BCUT2D eigenvalue weighted by atomic mass is 15.5. The predicted octanol–water partition coefficient (Wildman–Crippen LogP) is 5.69. The van der Waals surface area contributed by atoms with Gasteiger partial charge in [-0.25, -0.2) is 9.99 Å². The standard InChI is InChI=1S/C28H33N7/c1-5-21-13-8-6-7-9-15-23(21)31-18-25-33-27(28(34-25)24-16-10-12-20(2)32-24)22-14-11-17-26(29-3)35(19-22)30-4/h7-13,16-17,19,31H,4-6,14-15,18H2,1-3H3,(H,33,34)/b9-7-,13-8-,23-21+,29-26-. The van der Waals surface area contributed by atoms with Crippen molar-refractivity contribution < 1.29 is 0 Å². The van der Waals surface area contributed by atoms with Crippen molar-refractivity contribution >= 4 is 18.1 Å². The maximum Gasteiger partial charge on any atom is 0.148 e. The number of imidazole rings is 1. The first-order chi connectivity index (χ1) is 17.1. The molecule has 180 valence electrons. The SMILES string of the molecule is C=NN1C=C(c2nc(CN/C3=C(CC)/C=C\C/C=C\C3)[nH]c2-c2cccc(C)n2)CC=C/C1=N/C. The molecule has 2 N–H and O–H groups in total. The van der Waals surface area contributed by atoms with E-state index in [-0.39, 0.29) is 0 Å². The summed E-state index contributed by atoms with van der Waals surface area (Å²) in [6.45, 7) is 8.49.